The van der Waals surface area contributed by atoms with E-state index in [4.69, 9.17) is 15.2 Å². The van der Waals surface area contributed by atoms with Crippen molar-refractivity contribution in [2.75, 3.05) is 19.1 Å². The van der Waals surface area contributed by atoms with E-state index in [0.717, 1.165) is 19.1 Å². The molecule has 2 aromatic carbocycles. The fourth-order valence-corrected chi connectivity index (χ4v) is 4.12. The molecule has 1 atom stereocenters. The molecule has 0 saturated heterocycles. The summed E-state index contributed by atoms with van der Waals surface area (Å²) in [4.78, 5) is 26.8. The summed E-state index contributed by atoms with van der Waals surface area (Å²) < 4.78 is 48.0. The van der Waals surface area contributed by atoms with Gasteiger partial charge in [-0.1, -0.05) is 30.3 Å². The van der Waals surface area contributed by atoms with Crippen molar-refractivity contribution in [2.24, 2.45) is 5.73 Å². The van der Waals surface area contributed by atoms with Gasteiger partial charge in [-0.15, -0.1) is 0 Å². The molecule has 2 N–H and O–H groups in total. The fraction of sp³-hybridized carbons (Fsp3) is 0.174. The minimum Gasteiger partial charge on any atom is -0.466 e. The number of alkyl halides is 3. The van der Waals surface area contributed by atoms with Gasteiger partial charge in [-0.25, -0.2) is 9.59 Å². The first-order valence-corrected chi connectivity index (χ1v) is 10.5. The zero-order chi connectivity index (χ0) is 25.0. The van der Waals surface area contributed by atoms with Crippen LogP contribution in [0.3, 0.4) is 0 Å². The van der Waals surface area contributed by atoms with Crippen molar-refractivity contribution in [3.8, 4) is 6.07 Å². The summed E-state index contributed by atoms with van der Waals surface area (Å²) in [6.45, 7) is 0. The molecule has 1 aliphatic heterocycles. The van der Waals surface area contributed by atoms with Crippen LogP contribution in [0.4, 0.5) is 18.9 Å². The lowest BCUT2D eigenvalue weighted by molar-refractivity contribution is -0.139. The van der Waals surface area contributed by atoms with E-state index in [9.17, 15) is 28.0 Å². The molecule has 0 amide bonds. The van der Waals surface area contributed by atoms with Crippen LogP contribution >= 0.6 is 11.8 Å². The summed E-state index contributed by atoms with van der Waals surface area (Å²) in [5.41, 5.74) is 1.93. The largest absolute Gasteiger partial charge is 0.466 e. The van der Waals surface area contributed by atoms with Gasteiger partial charge in [0.2, 0.25) is 0 Å². The fourth-order valence-electron chi connectivity index (χ4n) is 3.58. The number of benzene rings is 2. The van der Waals surface area contributed by atoms with Gasteiger partial charge in [0, 0.05) is 10.6 Å². The molecule has 1 heterocycles. The number of methoxy groups -OCH3 is 2. The standard InChI is InChI=1S/C23H18F3N3O4S/c1-32-21(30)18-17(13-6-4-3-5-7-13)16(12-27)20(28)29(19(18)22(31)33-2)14-8-10-15(11-9-14)34-23(24,25)26/h3-11,17H,28H2,1-2H3. The zero-order valence-electron chi connectivity index (χ0n) is 17.9. The third-order valence-electron chi connectivity index (χ3n) is 4.94. The number of ether oxygens (including phenoxy) is 2. The highest BCUT2D eigenvalue weighted by Gasteiger charge is 2.43. The summed E-state index contributed by atoms with van der Waals surface area (Å²) in [5.74, 6) is -3.07. The van der Waals surface area contributed by atoms with Gasteiger partial charge in [-0.2, -0.15) is 18.4 Å². The molecule has 0 saturated carbocycles. The van der Waals surface area contributed by atoms with E-state index >= 15 is 0 Å². The Bertz CT molecular complexity index is 1200. The molecule has 0 bridgehead atoms. The van der Waals surface area contributed by atoms with Gasteiger partial charge in [0.25, 0.3) is 0 Å². The molecule has 0 aliphatic carbocycles. The summed E-state index contributed by atoms with van der Waals surface area (Å²) in [6, 6.07) is 15.4. The number of anilines is 1. The number of rotatable bonds is 5. The zero-order valence-corrected chi connectivity index (χ0v) is 18.7. The normalized spacial score (nSPS) is 16.2. The van der Waals surface area contributed by atoms with Crippen LogP contribution in [-0.2, 0) is 19.1 Å². The maximum atomic E-state index is 12.9. The summed E-state index contributed by atoms with van der Waals surface area (Å²) in [7, 11) is 2.22. The van der Waals surface area contributed by atoms with E-state index < -0.39 is 23.4 Å². The molecular formula is C23H18F3N3O4S. The number of halogens is 3. The van der Waals surface area contributed by atoms with Crippen molar-refractivity contribution < 1.29 is 32.2 Å². The summed E-state index contributed by atoms with van der Waals surface area (Å²) >= 11 is -0.312. The Morgan fingerprint density at radius 2 is 1.62 bits per heavy atom. The number of hydrogen-bond donors (Lipinski definition) is 1. The lowest BCUT2D eigenvalue weighted by Gasteiger charge is -2.35. The average Bonchev–Trinajstić information content (AvgIpc) is 2.82. The molecule has 1 unspecified atom stereocenters. The van der Waals surface area contributed by atoms with Crippen molar-refractivity contribution in [1.82, 2.24) is 0 Å². The number of hydrogen-bond acceptors (Lipinski definition) is 8. The van der Waals surface area contributed by atoms with Gasteiger partial charge in [0.05, 0.1) is 37.4 Å². The maximum Gasteiger partial charge on any atom is 0.446 e. The molecule has 0 aromatic heterocycles. The van der Waals surface area contributed by atoms with E-state index in [-0.39, 0.29) is 45.0 Å². The van der Waals surface area contributed by atoms with Crippen molar-refractivity contribution in [2.45, 2.75) is 16.3 Å². The second kappa shape index (κ2) is 9.93. The number of carbonyl (C=O) groups excluding carboxylic acids is 2. The molecule has 34 heavy (non-hydrogen) atoms. The van der Waals surface area contributed by atoms with Crippen molar-refractivity contribution in [1.29, 1.82) is 5.26 Å². The van der Waals surface area contributed by atoms with Gasteiger partial charge in [0.1, 0.15) is 11.5 Å². The van der Waals surface area contributed by atoms with E-state index in [0.29, 0.717) is 5.56 Å². The third kappa shape index (κ3) is 4.87. The number of esters is 2. The number of allylic oxidation sites excluding steroid dienone is 1. The molecule has 1 aliphatic rings. The highest BCUT2D eigenvalue weighted by atomic mass is 32.2. The van der Waals surface area contributed by atoms with Crippen LogP contribution in [0.25, 0.3) is 0 Å². The maximum absolute atomic E-state index is 12.9. The SMILES string of the molecule is COC(=O)C1=C(C(=O)OC)N(c2ccc(SC(F)(F)F)cc2)C(N)=C(C#N)C1c1ccccc1. The lowest BCUT2D eigenvalue weighted by Crippen LogP contribution is -2.40. The highest BCUT2D eigenvalue weighted by Crippen LogP contribution is 2.44. The number of thioether (sulfide) groups is 1. The second-order valence-electron chi connectivity index (χ2n) is 6.88. The first kappa shape index (κ1) is 24.7. The Kier molecular flexibility index (Phi) is 7.22. The van der Waals surface area contributed by atoms with Crippen LogP contribution in [0.15, 0.2) is 82.2 Å². The number of nitrogens with zero attached hydrogens (tertiary/aromatic N) is 2. The van der Waals surface area contributed by atoms with E-state index in [1.807, 2.05) is 6.07 Å². The Labute approximate surface area is 197 Å². The van der Waals surface area contributed by atoms with Crippen molar-refractivity contribution >= 4 is 29.4 Å². The Balaban J connectivity index is 2.28. The second-order valence-corrected chi connectivity index (χ2v) is 8.02. The minimum absolute atomic E-state index is 0.0482. The van der Waals surface area contributed by atoms with E-state index in [2.05, 4.69) is 0 Å². The van der Waals surface area contributed by atoms with Gasteiger partial charge in [-0.05, 0) is 41.6 Å². The van der Waals surface area contributed by atoms with Crippen LogP contribution < -0.4 is 10.6 Å². The molecule has 176 valence electrons. The Morgan fingerprint density at radius 3 is 2.12 bits per heavy atom. The average molecular weight is 489 g/mol. The highest BCUT2D eigenvalue weighted by molar-refractivity contribution is 8.00. The third-order valence-corrected chi connectivity index (χ3v) is 5.68. The van der Waals surface area contributed by atoms with Crippen LogP contribution in [0.1, 0.15) is 11.5 Å². The van der Waals surface area contributed by atoms with E-state index in [1.54, 1.807) is 30.3 Å². The first-order chi connectivity index (χ1) is 16.1. The van der Waals surface area contributed by atoms with Crippen LogP contribution in [0.5, 0.6) is 0 Å². The smallest absolute Gasteiger partial charge is 0.446 e. The van der Waals surface area contributed by atoms with E-state index in [1.165, 1.54) is 24.3 Å². The first-order valence-electron chi connectivity index (χ1n) is 9.64. The monoisotopic (exact) mass is 489 g/mol. The molecule has 7 nitrogen and oxygen atoms in total. The molecule has 0 radical (unpaired) electrons. The Morgan fingerprint density at radius 1 is 1.03 bits per heavy atom. The predicted octanol–water partition coefficient (Wildman–Crippen LogP) is 4.20. The molecule has 0 fully saturated rings. The summed E-state index contributed by atoms with van der Waals surface area (Å²) in [5, 5.41) is 9.95. The molecule has 3 rings (SSSR count). The minimum atomic E-state index is -4.49. The van der Waals surface area contributed by atoms with Crippen LogP contribution in [0, 0.1) is 11.3 Å². The quantitative estimate of drug-likeness (QED) is 0.492. The van der Waals surface area contributed by atoms with Crippen LogP contribution in [-0.4, -0.2) is 31.7 Å². The van der Waals surface area contributed by atoms with Crippen molar-refractivity contribution in [3.05, 3.63) is 82.8 Å². The summed E-state index contributed by atoms with van der Waals surface area (Å²) in [6.07, 6.45) is 0. The van der Waals surface area contributed by atoms with Crippen molar-refractivity contribution in [3.63, 3.8) is 0 Å². The van der Waals surface area contributed by atoms with Gasteiger partial charge in [0.15, 0.2) is 0 Å². The topological polar surface area (TPSA) is 106 Å². The molecule has 0 spiro atoms. The van der Waals surface area contributed by atoms with Gasteiger partial charge in [-0.3, -0.25) is 4.90 Å². The molecule has 11 heteroatoms. The number of nitriles is 1. The number of carbonyl (C=O) groups is 2. The molecule has 2 aromatic rings. The number of nitrogens with two attached hydrogens (primary N) is 1. The van der Waals surface area contributed by atoms with Gasteiger partial charge >= 0.3 is 17.4 Å². The predicted molar refractivity (Wildman–Crippen MR) is 118 cm³/mol. The lowest BCUT2D eigenvalue weighted by atomic mass is 9.81. The Hall–Kier alpha value is -3.91. The van der Waals surface area contributed by atoms with Crippen LogP contribution in [0.2, 0.25) is 0 Å². The molecular weight excluding hydrogens is 471 g/mol. The van der Waals surface area contributed by atoms with Gasteiger partial charge < -0.3 is 15.2 Å².